The Bertz CT molecular complexity index is 420. The van der Waals surface area contributed by atoms with Crippen molar-refractivity contribution in [2.24, 2.45) is 5.73 Å². The van der Waals surface area contributed by atoms with E-state index in [-0.39, 0.29) is 23.9 Å². The second kappa shape index (κ2) is 8.95. The first-order valence-corrected chi connectivity index (χ1v) is 6.70. The van der Waals surface area contributed by atoms with Gasteiger partial charge in [0.25, 0.3) is 5.91 Å². The molecule has 5 heteroatoms. The van der Waals surface area contributed by atoms with Crippen LogP contribution >= 0.6 is 12.4 Å². The zero-order valence-corrected chi connectivity index (χ0v) is 13.3. The molecule has 1 aromatic rings. The maximum Gasteiger partial charge on any atom is 0.251 e. The number of halogens is 1. The standard InChI is InChI=1S/C15H24N2O2.ClH/c1-4-15(16,5-2)11-17-14(18)13-9-7-6-8-12(13)10-19-3;/h6-9H,4-5,10-11,16H2,1-3H3,(H,17,18);1H. The zero-order chi connectivity index (χ0) is 14.3. The molecule has 114 valence electrons. The molecule has 0 saturated carbocycles. The molecule has 0 spiro atoms. The Morgan fingerprint density at radius 3 is 2.45 bits per heavy atom. The second-order valence-electron chi connectivity index (χ2n) is 4.84. The molecule has 0 atom stereocenters. The van der Waals surface area contributed by atoms with Gasteiger partial charge >= 0.3 is 0 Å². The number of amides is 1. The molecule has 0 radical (unpaired) electrons. The molecular weight excluding hydrogens is 276 g/mol. The summed E-state index contributed by atoms with van der Waals surface area (Å²) in [5, 5.41) is 2.92. The van der Waals surface area contributed by atoms with Gasteiger partial charge in [0.1, 0.15) is 0 Å². The highest BCUT2D eigenvalue weighted by molar-refractivity contribution is 5.95. The van der Waals surface area contributed by atoms with Crippen LogP contribution in [-0.4, -0.2) is 25.1 Å². The number of methoxy groups -OCH3 is 1. The average molecular weight is 301 g/mol. The maximum absolute atomic E-state index is 12.2. The Hall–Kier alpha value is -1.10. The summed E-state index contributed by atoms with van der Waals surface area (Å²) in [5.41, 5.74) is 7.39. The molecule has 0 aliphatic carbocycles. The molecule has 1 rings (SSSR count). The highest BCUT2D eigenvalue weighted by atomic mass is 35.5. The fraction of sp³-hybridized carbons (Fsp3) is 0.533. The molecule has 0 fully saturated rings. The van der Waals surface area contributed by atoms with E-state index in [4.69, 9.17) is 10.5 Å². The topological polar surface area (TPSA) is 64.3 Å². The summed E-state index contributed by atoms with van der Waals surface area (Å²) in [5.74, 6) is -0.0932. The van der Waals surface area contributed by atoms with Gasteiger partial charge in [0.05, 0.1) is 6.61 Å². The van der Waals surface area contributed by atoms with Gasteiger partial charge < -0.3 is 15.8 Å². The Kier molecular flexibility index (Phi) is 8.46. The molecule has 20 heavy (non-hydrogen) atoms. The molecular formula is C15H25ClN2O2. The van der Waals surface area contributed by atoms with Gasteiger partial charge in [-0.05, 0) is 24.5 Å². The number of nitrogens with one attached hydrogen (secondary N) is 1. The molecule has 0 bridgehead atoms. The molecule has 3 N–H and O–H groups in total. The molecule has 0 aromatic heterocycles. The first kappa shape index (κ1) is 18.9. The molecule has 0 saturated heterocycles. The maximum atomic E-state index is 12.2. The summed E-state index contributed by atoms with van der Waals surface area (Å²) < 4.78 is 5.10. The highest BCUT2D eigenvalue weighted by Crippen LogP contribution is 2.12. The van der Waals surface area contributed by atoms with Crippen molar-refractivity contribution < 1.29 is 9.53 Å². The lowest BCUT2D eigenvalue weighted by molar-refractivity contribution is 0.0937. The predicted octanol–water partition coefficient (Wildman–Crippen LogP) is 2.50. The van der Waals surface area contributed by atoms with Crippen molar-refractivity contribution in [1.82, 2.24) is 5.32 Å². The van der Waals surface area contributed by atoms with Crippen LogP contribution in [0.3, 0.4) is 0 Å². The Balaban J connectivity index is 0.00000361. The van der Waals surface area contributed by atoms with Crippen LogP contribution in [0.4, 0.5) is 0 Å². The molecule has 0 heterocycles. The minimum absolute atomic E-state index is 0. The van der Waals surface area contributed by atoms with E-state index >= 15 is 0 Å². The smallest absolute Gasteiger partial charge is 0.251 e. The quantitative estimate of drug-likeness (QED) is 0.813. The highest BCUT2D eigenvalue weighted by Gasteiger charge is 2.21. The summed E-state index contributed by atoms with van der Waals surface area (Å²) in [4.78, 5) is 12.2. The number of rotatable bonds is 7. The minimum atomic E-state index is -0.328. The van der Waals surface area contributed by atoms with Crippen LogP contribution in [0.15, 0.2) is 24.3 Å². The lowest BCUT2D eigenvalue weighted by atomic mass is 9.94. The summed E-state index contributed by atoms with van der Waals surface area (Å²) >= 11 is 0. The first-order valence-electron chi connectivity index (χ1n) is 6.70. The van der Waals surface area contributed by atoms with Gasteiger partial charge in [0.2, 0.25) is 0 Å². The van der Waals surface area contributed by atoms with Gasteiger partial charge in [0.15, 0.2) is 0 Å². The fourth-order valence-electron chi connectivity index (χ4n) is 1.87. The van der Waals surface area contributed by atoms with Gasteiger partial charge in [-0.1, -0.05) is 32.0 Å². The third-order valence-corrected chi connectivity index (χ3v) is 3.57. The van der Waals surface area contributed by atoms with Crippen molar-refractivity contribution >= 4 is 18.3 Å². The Morgan fingerprint density at radius 1 is 1.30 bits per heavy atom. The molecule has 0 aliphatic heterocycles. The number of ether oxygens (including phenoxy) is 1. The van der Waals surface area contributed by atoms with Crippen molar-refractivity contribution in [3.8, 4) is 0 Å². The predicted molar refractivity (Wildman–Crippen MR) is 84.2 cm³/mol. The van der Waals surface area contributed by atoms with E-state index in [1.165, 1.54) is 0 Å². The second-order valence-corrected chi connectivity index (χ2v) is 4.84. The molecule has 0 aliphatic rings. The van der Waals surface area contributed by atoms with Crippen molar-refractivity contribution in [3.63, 3.8) is 0 Å². The summed E-state index contributed by atoms with van der Waals surface area (Å²) in [7, 11) is 1.62. The SMILES string of the molecule is CCC(N)(CC)CNC(=O)c1ccccc1COC.Cl. The van der Waals surface area contributed by atoms with Crippen molar-refractivity contribution in [1.29, 1.82) is 0 Å². The van der Waals surface area contributed by atoms with Gasteiger partial charge in [-0.15, -0.1) is 12.4 Å². The van der Waals surface area contributed by atoms with Crippen LogP contribution in [0.2, 0.25) is 0 Å². The lowest BCUT2D eigenvalue weighted by Gasteiger charge is -2.27. The third kappa shape index (κ3) is 5.12. The number of carbonyl (C=O) groups excluding carboxylic acids is 1. The lowest BCUT2D eigenvalue weighted by Crippen LogP contribution is -2.49. The van der Waals surface area contributed by atoms with Crippen LogP contribution in [0.5, 0.6) is 0 Å². The number of nitrogens with two attached hydrogens (primary N) is 1. The molecule has 0 unspecified atom stereocenters. The van der Waals surface area contributed by atoms with Crippen molar-refractivity contribution in [3.05, 3.63) is 35.4 Å². The van der Waals surface area contributed by atoms with Gasteiger partial charge in [0, 0.05) is 24.8 Å². The van der Waals surface area contributed by atoms with Crippen LogP contribution in [0, 0.1) is 0 Å². The van der Waals surface area contributed by atoms with Crippen molar-refractivity contribution in [2.45, 2.75) is 38.8 Å². The van der Waals surface area contributed by atoms with Crippen LogP contribution < -0.4 is 11.1 Å². The third-order valence-electron chi connectivity index (χ3n) is 3.57. The minimum Gasteiger partial charge on any atom is -0.380 e. The Morgan fingerprint density at radius 2 is 1.90 bits per heavy atom. The van der Waals surface area contributed by atoms with E-state index in [1.807, 2.05) is 32.0 Å². The number of benzene rings is 1. The van der Waals surface area contributed by atoms with E-state index < -0.39 is 0 Å². The zero-order valence-electron chi connectivity index (χ0n) is 12.4. The molecule has 4 nitrogen and oxygen atoms in total. The molecule has 1 amide bonds. The van der Waals surface area contributed by atoms with Crippen molar-refractivity contribution in [2.75, 3.05) is 13.7 Å². The monoisotopic (exact) mass is 300 g/mol. The van der Waals surface area contributed by atoms with Gasteiger partial charge in [-0.25, -0.2) is 0 Å². The van der Waals surface area contributed by atoms with E-state index in [0.29, 0.717) is 18.7 Å². The summed E-state index contributed by atoms with van der Waals surface area (Å²) in [6.45, 7) is 4.99. The first-order chi connectivity index (χ1) is 9.06. The van der Waals surface area contributed by atoms with E-state index in [9.17, 15) is 4.79 Å². The average Bonchev–Trinajstić information content (AvgIpc) is 2.45. The number of carbonyl (C=O) groups is 1. The number of hydrogen-bond donors (Lipinski definition) is 2. The van der Waals surface area contributed by atoms with E-state index in [2.05, 4.69) is 5.32 Å². The summed E-state index contributed by atoms with van der Waals surface area (Å²) in [6.07, 6.45) is 1.67. The van der Waals surface area contributed by atoms with Gasteiger partial charge in [-0.3, -0.25) is 4.79 Å². The summed E-state index contributed by atoms with van der Waals surface area (Å²) in [6, 6.07) is 7.45. The molecule has 1 aromatic carbocycles. The van der Waals surface area contributed by atoms with Gasteiger partial charge in [-0.2, -0.15) is 0 Å². The number of hydrogen-bond acceptors (Lipinski definition) is 3. The van der Waals surface area contributed by atoms with E-state index in [1.54, 1.807) is 13.2 Å². The van der Waals surface area contributed by atoms with Crippen LogP contribution in [0.1, 0.15) is 42.6 Å². The Labute approximate surface area is 127 Å². The largest absolute Gasteiger partial charge is 0.380 e. The fourth-order valence-corrected chi connectivity index (χ4v) is 1.87. The van der Waals surface area contributed by atoms with E-state index in [0.717, 1.165) is 18.4 Å². The van der Waals surface area contributed by atoms with Crippen LogP contribution in [0.25, 0.3) is 0 Å². The van der Waals surface area contributed by atoms with Crippen LogP contribution in [-0.2, 0) is 11.3 Å². The normalized spacial score (nSPS) is 10.8.